The molecule has 0 radical (unpaired) electrons. The largest absolute Gasteiger partial charge is 0.330 e. The summed E-state index contributed by atoms with van der Waals surface area (Å²) in [6, 6.07) is 4.36. The molecule has 2 fully saturated rings. The molecular formula is C17H21N3O4S. The lowest BCUT2D eigenvalue weighted by atomic mass is 10.0. The Kier molecular flexibility index (Phi) is 3.66. The normalized spacial score (nSPS) is 25.8. The van der Waals surface area contributed by atoms with Crippen molar-refractivity contribution in [3.63, 3.8) is 0 Å². The Bertz CT molecular complexity index is 1070. The van der Waals surface area contributed by atoms with E-state index in [4.69, 9.17) is 0 Å². The molecule has 2 aliphatic carbocycles. The number of aromatic nitrogens is 2. The van der Waals surface area contributed by atoms with Crippen molar-refractivity contribution in [1.82, 2.24) is 13.9 Å². The maximum absolute atomic E-state index is 12.7. The number of fused-ring (bicyclic) bond motifs is 2. The number of rotatable bonds is 3. The molecule has 0 aliphatic heterocycles. The summed E-state index contributed by atoms with van der Waals surface area (Å²) in [6.07, 6.45) is 4.50. The van der Waals surface area contributed by atoms with Crippen LogP contribution in [0.15, 0.2) is 32.7 Å². The van der Waals surface area contributed by atoms with Crippen molar-refractivity contribution in [2.75, 3.05) is 0 Å². The number of nitrogens with zero attached hydrogens (tertiary/aromatic N) is 2. The monoisotopic (exact) mass is 363 g/mol. The molecule has 1 aromatic carbocycles. The van der Waals surface area contributed by atoms with Crippen molar-refractivity contribution in [2.24, 2.45) is 25.9 Å². The summed E-state index contributed by atoms with van der Waals surface area (Å²) in [5.41, 5.74) is -0.504. The van der Waals surface area contributed by atoms with E-state index in [1.807, 2.05) is 0 Å². The molecule has 1 aromatic heterocycles. The minimum atomic E-state index is -3.68. The molecule has 7 nitrogen and oxygen atoms in total. The summed E-state index contributed by atoms with van der Waals surface area (Å²) in [5, 5.41) is 0.223. The van der Waals surface area contributed by atoms with Crippen molar-refractivity contribution >= 4 is 20.9 Å². The lowest BCUT2D eigenvalue weighted by Gasteiger charge is -2.10. The van der Waals surface area contributed by atoms with Crippen LogP contribution in [0.4, 0.5) is 0 Å². The van der Waals surface area contributed by atoms with Gasteiger partial charge >= 0.3 is 5.69 Å². The molecule has 0 spiro atoms. The first-order valence-corrected chi connectivity index (χ1v) is 10.0. The number of sulfonamides is 1. The van der Waals surface area contributed by atoms with E-state index in [2.05, 4.69) is 4.72 Å². The molecular weight excluding hydrogens is 342 g/mol. The van der Waals surface area contributed by atoms with Gasteiger partial charge < -0.3 is 0 Å². The lowest BCUT2D eigenvalue weighted by molar-refractivity contribution is 0.480. The molecule has 2 aromatic rings. The van der Waals surface area contributed by atoms with Crippen LogP contribution in [0, 0.1) is 11.8 Å². The Balaban J connectivity index is 1.74. The minimum Gasteiger partial charge on any atom is -0.296 e. The van der Waals surface area contributed by atoms with Gasteiger partial charge in [0.1, 0.15) is 0 Å². The van der Waals surface area contributed by atoms with Crippen LogP contribution in [-0.2, 0) is 24.1 Å². The Labute approximate surface area is 145 Å². The van der Waals surface area contributed by atoms with Crippen molar-refractivity contribution < 1.29 is 8.42 Å². The van der Waals surface area contributed by atoms with Gasteiger partial charge in [0.2, 0.25) is 10.0 Å². The average molecular weight is 363 g/mol. The van der Waals surface area contributed by atoms with Crippen LogP contribution in [0.5, 0.6) is 0 Å². The quantitative estimate of drug-likeness (QED) is 0.869. The Morgan fingerprint density at radius 2 is 1.68 bits per heavy atom. The summed E-state index contributed by atoms with van der Waals surface area (Å²) in [5.74, 6) is 0.912. The zero-order valence-corrected chi connectivity index (χ0v) is 15.0. The molecule has 2 aliphatic rings. The zero-order chi connectivity index (χ0) is 17.9. The molecule has 25 heavy (non-hydrogen) atoms. The van der Waals surface area contributed by atoms with Crippen LogP contribution in [0.25, 0.3) is 10.9 Å². The van der Waals surface area contributed by atoms with E-state index in [0.29, 0.717) is 17.4 Å². The van der Waals surface area contributed by atoms with Crippen LogP contribution in [0.3, 0.4) is 0 Å². The van der Waals surface area contributed by atoms with E-state index in [9.17, 15) is 18.0 Å². The molecule has 1 heterocycles. The SMILES string of the molecule is Cn1c(=O)c2cc(S(=O)(=O)NC3C4CCCCC43)ccc2n(C)c1=O. The molecule has 0 amide bonds. The highest BCUT2D eigenvalue weighted by Crippen LogP contribution is 2.50. The van der Waals surface area contributed by atoms with Crippen molar-refractivity contribution in [1.29, 1.82) is 0 Å². The Morgan fingerprint density at radius 1 is 1.04 bits per heavy atom. The van der Waals surface area contributed by atoms with E-state index in [0.717, 1.165) is 17.4 Å². The first kappa shape index (κ1) is 16.5. The van der Waals surface area contributed by atoms with Gasteiger partial charge in [0.25, 0.3) is 5.56 Å². The summed E-state index contributed by atoms with van der Waals surface area (Å²) < 4.78 is 30.6. The second kappa shape index (κ2) is 5.54. The number of benzene rings is 1. The second-order valence-corrected chi connectivity index (χ2v) is 8.86. The molecule has 2 atom stereocenters. The lowest BCUT2D eigenvalue weighted by Crippen LogP contribution is -2.37. The molecule has 0 bridgehead atoms. The highest BCUT2D eigenvalue weighted by atomic mass is 32.2. The molecule has 134 valence electrons. The van der Waals surface area contributed by atoms with Crippen LogP contribution in [0.2, 0.25) is 0 Å². The first-order valence-electron chi connectivity index (χ1n) is 8.53. The minimum absolute atomic E-state index is 0.0196. The number of hydrogen-bond donors (Lipinski definition) is 1. The van der Waals surface area contributed by atoms with Crippen LogP contribution >= 0.6 is 0 Å². The summed E-state index contributed by atoms with van der Waals surface area (Å²) in [7, 11) is -0.737. The standard InChI is InChI=1S/C17H21N3O4S/c1-19-14-8-7-10(9-13(14)16(21)20(2)17(19)22)25(23,24)18-15-11-5-3-4-6-12(11)15/h7-9,11-12,15,18H,3-6H2,1-2H3. The van der Waals surface area contributed by atoms with Gasteiger partial charge in [-0.1, -0.05) is 12.8 Å². The third-order valence-electron chi connectivity index (χ3n) is 5.70. The van der Waals surface area contributed by atoms with Gasteiger partial charge in [0.05, 0.1) is 15.8 Å². The van der Waals surface area contributed by atoms with E-state index >= 15 is 0 Å². The number of hydrogen-bond acceptors (Lipinski definition) is 4. The summed E-state index contributed by atoms with van der Waals surface area (Å²) in [4.78, 5) is 24.4. The predicted molar refractivity (Wildman–Crippen MR) is 94.0 cm³/mol. The fraction of sp³-hybridized carbons (Fsp3) is 0.529. The van der Waals surface area contributed by atoms with Gasteiger partial charge in [0, 0.05) is 20.1 Å². The predicted octanol–water partition coefficient (Wildman–Crippen LogP) is 0.704. The van der Waals surface area contributed by atoms with Crippen molar-refractivity contribution in [3.05, 3.63) is 39.0 Å². The van der Waals surface area contributed by atoms with Gasteiger partial charge in [-0.05, 0) is 42.9 Å². The zero-order valence-electron chi connectivity index (χ0n) is 14.2. The third kappa shape index (κ3) is 2.55. The second-order valence-electron chi connectivity index (χ2n) is 7.14. The van der Waals surface area contributed by atoms with Crippen molar-refractivity contribution in [2.45, 2.75) is 36.6 Å². The maximum atomic E-state index is 12.7. The third-order valence-corrected chi connectivity index (χ3v) is 7.15. The van der Waals surface area contributed by atoms with E-state index in [1.54, 1.807) is 7.05 Å². The molecule has 1 N–H and O–H groups in total. The first-order chi connectivity index (χ1) is 11.8. The maximum Gasteiger partial charge on any atom is 0.330 e. The van der Waals surface area contributed by atoms with Gasteiger partial charge in [-0.25, -0.2) is 17.9 Å². The average Bonchev–Trinajstić information content (AvgIpc) is 3.29. The fourth-order valence-corrected chi connectivity index (χ4v) is 5.52. The van der Waals surface area contributed by atoms with Gasteiger partial charge in [-0.15, -0.1) is 0 Å². The molecule has 8 heteroatoms. The summed E-state index contributed by atoms with van der Waals surface area (Å²) >= 11 is 0. The van der Waals surface area contributed by atoms with Gasteiger partial charge in [-0.2, -0.15) is 0 Å². The van der Waals surface area contributed by atoms with E-state index < -0.39 is 21.3 Å². The van der Waals surface area contributed by atoms with Crippen LogP contribution in [0.1, 0.15) is 25.7 Å². The topological polar surface area (TPSA) is 90.2 Å². The Morgan fingerprint density at radius 3 is 2.32 bits per heavy atom. The molecule has 2 saturated carbocycles. The van der Waals surface area contributed by atoms with Gasteiger partial charge in [-0.3, -0.25) is 13.9 Å². The summed E-state index contributed by atoms with van der Waals surface area (Å²) in [6.45, 7) is 0. The smallest absolute Gasteiger partial charge is 0.296 e. The molecule has 4 rings (SSSR count). The molecule has 2 unspecified atom stereocenters. The number of nitrogens with one attached hydrogen (secondary N) is 1. The Hall–Kier alpha value is -1.93. The van der Waals surface area contributed by atoms with E-state index in [-0.39, 0.29) is 16.3 Å². The van der Waals surface area contributed by atoms with E-state index in [1.165, 1.54) is 42.7 Å². The van der Waals surface area contributed by atoms with Gasteiger partial charge in [0.15, 0.2) is 0 Å². The fourth-order valence-electron chi connectivity index (χ4n) is 4.16. The highest BCUT2D eigenvalue weighted by Gasteiger charge is 2.52. The molecule has 0 saturated heterocycles. The van der Waals surface area contributed by atoms with Crippen LogP contribution < -0.4 is 16.0 Å². The highest BCUT2D eigenvalue weighted by molar-refractivity contribution is 7.89. The van der Waals surface area contributed by atoms with Crippen LogP contribution in [-0.4, -0.2) is 23.6 Å². The van der Waals surface area contributed by atoms with Crippen molar-refractivity contribution in [3.8, 4) is 0 Å². The number of aryl methyl sites for hydroxylation is 1.